The highest BCUT2D eigenvalue weighted by molar-refractivity contribution is 7.90. The van der Waals surface area contributed by atoms with E-state index < -0.39 is 14.8 Å². The van der Waals surface area contributed by atoms with E-state index in [9.17, 15) is 8.42 Å². The van der Waals surface area contributed by atoms with Gasteiger partial charge in [0.15, 0.2) is 0 Å². The SMILES string of the molecule is CC(C)(C)S(=O)(=O)N[C@@H]1CCCc2ccc3occc3c21. The van der Waals surface area contributed by atoms with Crippen LogP contribution in [-0.2, 0) is 16.4 Å². The summed E-state index contributed by atoms with van der Waals surface area (Å²) in [5.74, 6) is 0. The summed E-state index contributed by atoms with van der Waals surface area (Å²) in [6.45, 7) is 5.16. The Hall–Kier alpha value is -1.33. The quantitative estimate of drug-likeness (QED) is 0.923. The van der Waals surface area contributed by atoms with Crippen molar-refractivity contribution in [1.82, 2.24) is 4.72 Å². The molecule has 0 bridgehead atoms. The molecule has 3 rings (SSSR count). The molecular weight excluding hydrogens is 286 g/mol. The molecule has 0 spiro atoms. The average molecular weight is 307 g/mol. The zero-order chi connectivity index (χ0) is 15.3. The van der Waals surface area contributed by atoms with Crippen LogP contribution in [0.4, 0.5) is 0 Å². The van der Waals surface area contributed by atoms with Crippen LogP contribution < -0.4 is 4.72 Å². The van der Waals surface area contributed by atoms with Gasteiger partial charge in [-0.25, -0.2) is 13.1 Å². The van der Waals surface area contributed by atoms with Crippen molar-refractivity contribution in [3.8, 4) is 0 Å². The van der Waals surface area contributed by atoms with E-state index in [1.54, 1.807) is 27.0 Å². The molecule has 0 fully saturated rings. The van der Waals surface area contributed by atoms with Crippen LogP contribution >= 0.6 is 0 Å². The predicted molar refractivity (Wildman–Crippen MR) is 83.7 cm³/mol. The molecule has 1 heterocycles. The fraction of sp³-hybridized carbons (Fsp3) is 0.500. The second-order valence-corrected chi connectivity index (χ2v) is 9.12. The van der Waals surface area contributed by atoms with Crippen LogP contribution in [0.25, 0.3) is 11.0 Å². The number of hydrogen-bond acceptors (Lipinski definition) is 3. The van der Waals surface area contributed by atoms with Crippen molar-refractivity contribution in [3.05, 3.63) is 35.6 Å². The Labute approximate surface area is 125 Å². The zero-order valence-corrected chi connectivity index (χ0v) is 13.5. The number of benzene rings is 1. The third-order valence-corrected chi connectivity index (χ3v) is 6.37. The molecule has 0 saturated heterocycles. The molecule has 0 unspecified atom stereocenters. The molecule has 21 heavy (non-hydrogen) atoms. The molecule has 1 N–H and O–H groups in total. The van der Waals surface area contributed by atoms with Crippen molar-refractivity contribution >= 4 is 21.0 Å². The molecule has 0 saturated carbocycles. The third kappa shape index (κ3) is 2.49. The summed E-state index contributed by atoms with van der Waals surface area (Å²) in [7, 11) is -3.37. The summed E-state index contributed by atoms with van der Waals surface area (Å²) < 4.78 is 32.5. The number of aryl methyl sites for hydroxylation is 1. The molecule has 0 radical (unpaired) electrons. The zero-order valence-electron chi connectivity index (χ0n) is 12.6. The Kier molecular flexibility index (Phi) is 3.37. The van der Waals surface area contributed by atoms with Gasteiger partial charge in [-0.2, -0.15) is 0 Å². The van der Waals surface area contributed by atoms with Gasteiger partial charge in [-0.05, 0) is 63.3 Å². The summed E-state index contributed by atoms with van der Waals surface area (Å²) >= 11 is 0. The van der Waals surface area contributed by atoms with Crippen LogP contribution in [0.2, 0.25) is 0 Å². The molecule has 1 atom stereocenters. The lowest BCUT2D eigenvalue weighted by Crippen LogP contribution is -2.42. The minimum Gasteiger partial charge on any atom is -0.464 e. The van der Waals surface area contributed by atoms with E-state index in [-0.39, 0.29) is 6.04 Å². The summed E-state index contributed by atoms with van der Waals surface area (Å²) in [5, 5.41) is 1.02. The van der Waals surface area contributed by atoms with Crippen LogP contribution in [0.15, 0.2) is 28.9 Å². The van der Waals surface area contributed by atoms with E-state index in [4.69, 9.17) is 4.42 Å². The number of hydrogen-bond donors (Lipinski definition) is 1. The normalized spacial score (nSPS) is 19.7. The van der Waals surface area contributed by atoms with Crippen molar-refractivity contribution in [2.45, 2.75) is 50.8 Å². The second-order valence-electron chi connectivity index (χ2n) is 6.65. The molecular formula is C16H21NO3S. The highest BCUT2D eigenvalue weighted by atomic mass is 32.2. The molecule has 5 heteroatoms. The molecule has 1 aromatic carbocycles. The molecule has 0 amide bonds. The van der Waals surface area contributed by atoms with Gasteiger partial charge in [0, 0.05) is 11.4 Å². The van der Waals surface area contributed by atoms with E-state index in [2.05, 4.69) is 10.8 Å². The van der Waals surface area contributed by atoms with Gasteiger partial charge in [0.1, 0.15) is 5.58 Å². The van der Waals surface area contributed by atoms with Crippen molar-refractivity contribution in [3.63, 3.8) is 0 Å². The maximum absolute atomic E-state index is 12.5. The van der Waals surface area contributed by atoms with Gasteiger partial charge in [-0.15, -0.1) is 0 Å². The van der Waals surface area contributed by atoms with Crippen LogP contribution in [0, 0.1) is 0 Å². The first-order valence-corrected chi connectivity index (χ1v) is 8.79. The van der Waals surface area contributed by atoms with E-state index in [0.717, 1.165) is 35.8 Å². The Balaban J connectivity index is 2.07. The Bertz CT molecular complexity index is 768. The Morgan fingerprint density at radius 3 is 2.71 bits per heavy atom. The fourth-order valence-corrected chi connectivity index (χ4v) is 3.83. The highest BCUT2D eigenvalue weighted by Gasteiger charge is 2.34. The van der Waals surface area contributed by atoms with E-state index >= 15 is 0 Å². The molecule has 1 aromatic heterocycles. The Morgan fingerprint density at radius 2 is 2.00 bits per heavy atom. The van der Waals surface area contributed by atoms with Crippen molar-refractivity contribution < 1.29 is 12.8 Å². The Morgan fingerprint density at radius 1 is 1.24 bits per heavy atom. The number of fused-ring (bicyclic) bond motifs is 3. The van der Waals surface area contributed by atoms with Crippen molar-refractivity contribution in [2.75, 3.05) is 0 Å². The third-order valence-electron chi connectivity index (χ3n) is 4.16. The summed E-state index contributed by atoms with van der Waals surface area (Å²) in [5.41, 5.74) is 3.12. The first-order chi connectivity index (χ1) is 9.79. The number of rotatable bonds is 2. The molecule has 4 nitrogen and oxygen atoms in total. The minimum absolute atomic E-state index is 0.167. The largest absolute Gasteiger partial charge is 0.464 e. The smallest absolute Gasteiger partial charge is 0.217 e. The molecule has 0 aliphatic heterocycles. The molecule has 2 aromatic rings. The van der Waals surface area contributed by atoms with Crippen molar-refractivity contribution in [1.29, 1.82) is 0 Å². The molecule has 1 aliphatic carbocycles. The van der Waals surface area contributed by atoms with Crippen LogP contribution in [0.5, 0.6) is 0 Å². The van der Waals surface area contributed by atoms with Gasteiger partial charge < -0.3 is 4.42 Å². The van der Waals surface area contributed by atoms with E-state index in [0.29, 0.717) is 0 Å². The first-order valence-electron chi connectivity index (χ1n) is 7.30. The summed E-state index contributed by atoms with van der Waals surface area (Å²) in [4.78, 5) is 0. The summed E-state index contributed by atoms with van der Waals surface area (Å²) in [6, 6.07) is 5.78. The van der Waals surface area contributed by atoms with E-state index in [1.807, 2.05) is 12.1 Å². The summed E-state index contributed by atoms with van der Waals surface area (Å²) in [6.07, 6.45) is 4.47. The van der Waals surface area contributed by atoms with Gasteiger partial charge in [-0.3, -0.25) is 0 Å². The average Bonchev–Trinajstić information content (AvgIpc) is 2.85. The number of nitrogens with one attached hydrogen (secondary N) is 1. The standard InChI is InChI=1S/C16H21NO3S/c1-16(2,3)21(18,19)17-13-6-4-5-11-7-8-14-12(15(11)13)9-10-20-14/h7-10,13,17H,4-6H2,1-3H3/t13-/m1/s1. The molecule has 1 aliphatic rings. The number of sulfonamides is 1. The van der Waals surface area contributed by atoms with Gasteiger partial charge in [0.2, 0.25) is 10.0 Å². The number of furan rings is 1. The maximum atomic E-state index is 12.5. The van der Waals surface area contributed by atoms with Crippen molar-refractivity contribution in [2.24, 2.45) is 0 Å². The van der Waals surface area contributed by atoms with Crippen LogP contribution in [0.1, 0.15) is 50.8 Å². The lowest BCUT2D eigenvalue weighted by atomic mass is 9.86. The van der Waals surface area contributed by atoms with Gasteiger partial charge in [-0.1, -0.05) is 6.07 Å². The highest BCUT2D eigenvalue weighted by Crippen LogP contribution is 2.37. The first kappa shape index (κ1) is 14.6. The van der Waals surface area contributed by atoms with E-state index in [1.165, 1.54) is 5.56 Å². The van der Waals surface area contributed by atoms with Crippen LogP contribution in [-0.4, -0.2) is 13.2 Å². The maximum Gasteiger partial charge on any atom is 0.217 e. The van der Waals surface area contributed by atoms with Gasteiger partial charge in [0.05, 0.1) is 11.0 Å². The van der Waals surface area contributed by atoms with Gasteiger partial charge in [0.25, 0.3) is 0 Å². The minimum atomic E-state index is -3.37. The van der Waals surface area contributed by atoms with Crippen LogP contribution in [0.3, 0.4) is 0 Å². The molecule has 114 valence electrons. The predicted octanol–water partition coefficient (Wildman–Crippen LogP) is 3.53. The lowest BCUT2D eigenvalue weighted by Gasteiger charge is -2.30. The van der Waals surface area contributed by atoms with Gasteiger partial charge >= 0.3 is 0 Å². The monoisotopic (exact) mass is 307 g/mol. The fourth-order valence-electron chi connectivity index (χ4n) is 2.86. The lowest BCUT2D eigenvalue weighted by molar-refractivity contribution is 0.491. The topological polar surface area (TPSA) is 59.3 Å². The second kappa shape index (κ2) is 4.85.